The van der Waals surface area contributed by atoms with Gasteiger partial charge in [0, 0.05) is 24.8 Å². The monoisotopic (exact) mass is 422 g/mol. The van der Waals surface area contributed by atoms with Crippen molar-refractivity contribution >= 4 is 11.6 Å². The van der Waals surface area contributed by atoms with Crippen molar-refractivity contribution in [2.75, 3.05) is 11.5 Å². The Bertz CT molecular complexity index is 1050. The highest BCUT2D eigenvalue weighted by atomic mass is 19.1. The van der Waals surface area contributed by atoms with E-state index in [0.29, 0.717) is 18.7 Å². The van der Waals surface area contributed by atoms with Gasteiger partial charge >= 0.3 is 0 Å². The standard InChI is InChI=1S/C25H24F2N2O2/c26-19-6-4-17(5-7-19)22(12-13-30)23-24(18-3-1-2-16(14-18)15-28)29(25(23)31)21-10-8-20(27)9-11-21/h1-11,14,22-24,30H,12-13,15,28H2. The van der Waals surface area contributed by atoms with Gasteiger partial charge in [0.2, 0.25) is 5.91 Å². The molecule has 3 N–H and O–H groups in total. The quantitative estimate of drug-likeness (QED) is 0.558. The third kappa shape index (κ3) is 4.09. The Morgan fingerprint density at radius 3 is 2.23 bits per heavy atom. The second-order valence-electron chi connectivity index (χ2n) is 7.77. The number of rotatable bonds is 7. The van der Waals surface area contributed by atoms with E-state index < -0.39 is 5.92 Å². The lowest BCUT2D eigenvalue weighted by Gasteiger charge is -2.50. The minimum atomic E-state index is -0.448. The normalized spacial score (nSPS) is 19.2. The molecule has 3 aromatic rings. The van der Waals surface area contributed by atoms with Crippen molar-refractivity contribution in [3.05, 3.63) is 101 Å². The Labute approximate surface area is 179 Å². The SMILES string of the molecule is NCc1cccc(C2C(C(CCO)c3ccc(F)cc3)C(=O)N2c2ccc(F)cc2)c1. The molecule has 4 rings (SSSR count). The van der Waals surface area contributed by atoms with Gasteiger partial charge in [0.25, 0.3) is 0 Å². The predicted octanol–water partition coefficient (Wildman–Crippen LogP) is 4.29. The van der Waals surface area contributed by atoms with Gasteiger partial charge in [-0.2, -0.15) is 0 Å². The molecule has 1 heterocycles. The Kier molecular flexibility index (Phi) is 6.11. The summed E-state index contributed by atoms with van der Waals surface area (Å²) in [6, 6.07) is 19.3. The van der Waals surface area contributed by atoms with E-state index in [9.17, 15) is 18.7 Å². The molecule has 0 radical (unpaired) electrons. The van der Waals surface area contributed by atoms with Gasteiger partial charge in [-0.1, -0.05) is 36.4 Å². The summed E-state index contributed by atoms with van der Waals surface area (Å²) in [6.07, 6.45) is 0.367. The fourth-order valence-electron chi connectivity index (χ4n) is 4.46. The van der Waals surface area contributed by atoms with Crippen LogP contribution in [0.2, 0.25) is 0 Å². The van der Waals surface area contributed by atoms with E-state index in [2.05, 4.69) is 0 Å². The molecular formula is C25H24F2N2O2. The average Bonchev–Trinajstić information content (AvgIpc) is 2.79. The molecule has 31 heavy (non-hydrogen) atoms. The first kappa shape index (κ1) is 21.2. The highest BCUT2D eigenvalue weighted by Crippen LogP contribution is 2.50. The van der Waals surface area contributed by atoms with Gasteiger partial charge in [-0.3, -0.25) is 4.79 Å². The molecule has 0 spiro atoms. The van der Waals surface area contributed by atoms with Gasteiger partial charge in [-0.05, 0) is 59.5 Å². The summed E-state index contributed by atoms with van der Waals surface area (Å²) in [6.45, 7) is 0.270. The number of β-lactam (4-membered cyclic amide) rings is 1. The molecule has 0 saturated carbocycles. The maximum Gasteiger partial charge on any atom is 0.233 e. The smallest absolute Gasteiger partial charge is 0.233 e. The number of nitrogens with two attached hydrogens (primary N) is 1. The maximum atomic E-state index is 13.5. The lowest BCUT2D eigenvalue weighted by molar-refractivity contribution is -0.131. The summed E-state index contributed by atoms with van der Waals surface area (Å²) in [4.78, 5) is 15.1. The summed E-state index contributed by atoms with van der Waals surface area (Å²) < 4.78 is 27.0. The predicted molar refractivity (Wildman–Crippen MR) is 115 cm³/mol. The fraction of sp³-hybridized carbons (Fsp3) is 0.240. The van der Waals surface area contributed by atoms with Crippen LogP contribution < -0.4 is 10.6 Å². The third-order valence-electron chi connectivity index (χ3n) is 5.95. The minimum Gasteiger partial charge on any atom is -0.396 e. The van der Waals surface area contributed by atoms with Crippen molar-refractivity contribution < 1.29 is 18.7 Å². The molecule has 1 saturated heterocycles. The van der Waals surface area contributed by atoms with Crippen molar-refractivity contribution in [1.29, 1.82) is 0 Å². The summed E-state index contributed by atoms with van der Waals surface area (Å²) >= 11 is 0. The maximum absolute atomic E-state index is 13.5. The van der Waals surface area contributed by atoms with Crippen LogP contribution in [0.25, 0.3) is 0 Å². The van der Waals surface area contributed by atoms with Crippen LogP contribution in [0.15, 0.2) is 72.8 Å². The number of benzene rings is 3. The molecule has 0 aliphatic carbocycles. The molecule has 1 aliphatic rings. The topological polar surface area (TPSA) is 66.6 Å². The highest BCUT2D eigenvalue weighted by Gasteiger charge is 2.52. The number of hydrogen-bond donors (Lipinski definition) is 2. The number of carbonyl (C=O) groups excluding carboxylic acids is 1. The summed E-state index contributed by atoms with van der Waals surface area (Å²) in [7, 11) is 0. The van der Waals surface area contributed by atoms with Crippen molar-refractivity contribution in [1.82, 2.24) is 0 Å². The number of aliphatic hydroxyl groups is 1. The first-order valence-corrected chi connectivity index (χ1v) is 10.3. The van der Waals surface area contributed by atoms with E-state index in [1.54, 1.807) is 29.2 Å². The molecule has 3 aromatic carbocycles. The number of anilines is 1. The first-order chi connectivity index (χ1) is 15.0. The third-order valence-corrected chi connectivity index (χ3v) is 5.95. The van der Waals surface area contributed by atoms with Gasteiger partial charge in [0.15, 0.2) is 0 Å². The first-order valence-electron chi connectivity index (χ1n) is 10.3. The van der Waals surface area contributed by atoms with Gasteiger partial charge < -0.3 is 15.7 Å². The number of carbonyl (C=O) groups is 1. The van der Waals surface area contributed by atoms with Gasteiger partial charge in [-0.25, -0.2) is 8.78 Å². The molecule has 1 fully saturated rings. The van der Waals surface area contributed by atoms with Crippen LogP contribution in [0, 0.1) is 17.6 Å². The fourth-order valence-corrected chi connectivity index (χ4v) is 4.46. The molecule has 1 aliphatic heterocycles. The van der Waals surface area contributed by atoms with E-state index in [1.807, 2.05) is 24.3 Å². The van der Waals surface area contributed by atoms with Crippen LogP contribution in [-0.2, 0) is 11.3 Å². The van der Waals surface area contributed by atoms with Gasteiger partial charge in [0.1, 0.15) is 11.6 Å². The van der Waals surface area contributed by atoms with Crippen LogP contribution in [0.4, 0.5) is 14.5 Å². The number of halogens is 2. The van der Waals surface area contributed by atoms with E-state index in [-0.39, 0.29) is 36.1 Å². The number of amides is 1. The van der Waals surface area contributed by atoms with Crippen molar-refractivity contribution in [3.8, 4) is 0 Å². The molecule has 4 nitrogen and oxygen atoms in total. The van der Waals surface area contributed by atoms with Gasteiger partial charge in [-0.15, -0.1) is 0 Å². The molecule has 6 heteroatoms. The minimum absolute atomic E-state index is 0.0993. The number of hydrogen-bond acceptors (Lipinski definition) is 3. The molecule has 3 atom stereocenters. The van der Waals surface area contributed by atoms with Crippen LogP contribution in [-0.4, -0.2) is 17.6 Å². The zero-order chi connectivity index (χ0) is 22.0. The van der Waals surface area contributed by atoms with Crippen LogP contribution in [0.5, 0.6) is 0 Å². The van der Waals surface area contributed by atoms with Crippen molar-refractivity contribution in [3.63, 3.8) is 0 Å². The zero-order valence-corrected chi connectivity index (χ0v) is 16.9. The summed E-state index contributed by atoms with van der Waals surface area (Å²) in [5, 5.41) is 9.70. The second kappa shape index (κ2) is 8.96. The summed E-state index contributed by atoms with van der Waals surface area (Å²) in [5.74, 6) is -1.58. The largest absolute Gasteiger partial charge is 0.396 e. The van der Waals surface area contributed by atoms with E-state index >= 15 is 0 Å². The molecule has 1 amide bonds. The van der Waals surface area contributed by atoms with E-state index in [4.69, 9.17) is 5.73 Å². The van der Waals surface area contributed by atoms with E-state index in [0.717, 1.165) is 16.7 Å². The summed E-state index contributed by atoms with van der Waals surface area (Å²) in [5.41, 5.74) is 9.09. The lowest BCUT2D eigenvalue weighted by atomic mass is 9.70. The molecule has 3 unspecified atom stereocenters. The van der Waals surface area contributed by atoms with Crippen LogP contribution in [0.3, 0.4) is 0 Å². The van der Waals surface area contributed by atoms with Crippen LogP contribution in [0.1, 0.15) is 35.1 Å². The molecule has 0 bridgehead atoms. The highest BCUT2D eigenvalue weighted by molar-refractivity contribution is 6.03. The Morgan fingerprint density at radius 2 is 1.61 bits per heavy atom. The Hall–Kier alpha value is -3.09. The number of aliphatic hydroxyl groups excluding tert-OH is 1. The Balaban J connectivity index is 1.78. The second-order valence-corrected chi connectivity index (χ2v) is 7.77. The molecule has 160 valence electrons. The van der Waals surface area contributed by atoms with E-state index in [1.165, 1.54) is 24.3 Å². The van der Waals surface area contributed by atoms with Crippen molar-refractivity contribution in [2.24, 2.45) is 11.7 Å². The average molecular weight is 422 g/mol. The Morgan fingerprint density at radius 1 is 0.968 bits per heavy atom. The molecule has 0 aromatic heterocycles. The zero-order valence-electron chi connectivity index (χ0n) is 16.9. The molecular weight excluding hydrogens is 398 g/mol. The van der Waals surface area contributed by atoms with Crippen molar-refractivity contribution in [2.45, 2.75) is 24.9 Å². The van der Waals surface area contributed by atoms with Crippen LogP contribution >= 0.6 is 0 Å². The number of nitrogens with zero attached hydrogens (tertiary/aromatic N) is 1. The van der Waals surface area contributed by atoms with Gasteiger partial charge in [0.05, 0.1) is 12.0 Å². The lowest BCUT2D eigenvalue weighted by Crippen LogP contribution is -2.57.